The molecule has 0 saturated carbocycles. The summed E-state index contributed by atoms with van der Waals surface area (Å²) >= 11 is 0. The molecule has 1 N–H and O–H groups in total. The maximum absolute atomic E-state index is 12.7. The molecule has 3 heterocycles. The van der Waals surface area contributed by atoms with E-state index in [0.29, 0.717) is 12.3 Å². The minimum atomic E-state index is 0.216. The smallest absolute Gasteiger partial charge is 0.227 e. The third-order valence-electron chi connectivity index (χ3n) is 4.85. The number of hydrogen-bond acceptors (Lipinski definition) is 3. The number of carbonyl (C=O) groups excluding carboxylic acids is 1. The van der Waals surface area contributed by atoms with E-state index in [1.165, 1.54) is 5.56 Å². The van der Waals surface area contributed by atoms with Gasteiger partial charge in [-0.2, -0.15) is 5.10 Å². The zero-order chi connectivity index (χ0) is 15.6. The van der Waals surface area contributed by atoms with Crippen LogP contribution in [-0.4, -0.2) is 40.7 Å². The summed E-state index contributed by atoms with van der Waals surface area (Å²) in [4.78, 5) is 14.7. The molecule has 5 heteroatoms. The average Bonchev–Trinajstić information content (AvgIpc) is 3.26. The summed E-state index contributed by atoms with van der Waals surface area (Å²) in [6, 6.07) is 8.14. The largest absolute Gasteiger partial charge is 0.493 e. The second-order valence-corrected chi connectivity index (χ2v) is 6.41. The molecule has 120 valence electrons. The number of hydrogen-bond donors (Lipinski definition) is 1. The van der Waals surface area contributed by atoms with Gasteiger partial charge in [-0.05, 0) is 36.1 Å². The van der Waals surface area contributed by atoms with Gasteiger partial charge in [0.25, 0.3) is 0 Å². The van der Waals surface area contributed by atoms with Crippen LogP contribution in [0, 0.1) is 0 Å². The van der Waals surface area contributed by atoms with Gasteiger partial charge in [-0.25, -0.2) is 0 Å². The van der Waals surface area contributed by atoms with Gasteiger partial charge in [0.2, 0.25) is 5.91 Å². The van der Waals surface area contributed by atoms with Gasteiger partial charge in [0.1, 0.15) is 5.75 Å². The number of H-pyrrole nitrogens is 1. The van der Waals surface area contributed by atoms with Gasteiger partial charge < -0.3 is 9.64 Å². The second kappa shape index (κ2) is 6.07. The summed E-state index contributed by atoms with van der Waals surface area (Å²) in [6.07, 6.45) is 5.37. The molecule has 4 rings (SSSR count). The van der Waals surface area contributed by atoms with E-state index in [-0.39, 0.29) is 5.91 Å². The number of nitrogens with one attached hydrogen (secondary N) is 1. The topological polar surface area (TPSA) is 58.2 Å². The van der Waals surface area contributed by atoms with Gasteiger partial charge >= 0.3 is 0 Å². The summed E-state index contributed by atoms with van der Waals surface area (Å²) < 4.78 is 5.53. The Morgan fingerprint density at radius 3 is 3.22 bits per heavy atom. The van der Waals surface area contributed by atoms with Gasteiger partial charge in [-0.3, -0.25) is 9.89 Å². The standard InChI is InChI=1S/C18H21N3O2/c22-18(11-13-3-4-17-14(10-13)6-9-23-17)21-8-1-2-15(12-21)16-5-7-19-20-16/h3-5,7,10,15H,1-2,6,8-9,11-12H2,(H,19,20)/t15-/m0/s1. The molecule has 2 aromatic rings. The van der Waals surface area contributed by atoms with Crippen LogP contribution < -0.4 is 4.74 Å². The molecule has 0 bridgehead atoms. The van der Waals surface area contributed by atoms with Crippen LogP contribution in [0.25, 0.3) is 0 Å². The van der Waals surface area contributed by atoms with Gasteiger partial charge in [0.15, 0.2) is 0 Å². The van der Waals surface area contributed by atoms with Crippen LogP contribution in [-0.2, 0) is 17.6 Å². The van der Waals surface area contributed by atoms with Crippen LogP contribution in [0.2, 0.25) is 0 Å². The molecule has 0 radical (unpaired) electrons. The first kappa shape index (κ1) is 14.3. The number of ether oxygens (including phenoxy) is 1. The Morgan fingerprint density at radius 1 is 1.39 bits per heavy atom. The van der Waals surface area contributed by atoms with Crippen molar-refractivity contribution >= 4 is 5.91 Å². The summed E-state index contributed by atoms with van der Waals surface area (Å²) in [7, 11) is 0. The van der Waals surface area contributed by atoms with Crippen LogP contribution in [0.3, 0.4) is 0 Å². The molecule has 1 aromatic heterocycles. The predicted octanol–water partition coefficient (Wildman–Crippen LogP) is 2.29. The van der Waals surface area contributed by atoms with E-state index in [1.54, 1.807) is 6.20 Å². The van der Waals surface area contributed by atoms with E-state index in [4.69, 9.17) is 4.74 Å². The van der Waals surface area contributed by atoms with Gasteiger partial charge in [0.05, 0.1) is 13.0 Å². The average molecular weight is 311 g/mol. The zero-order valence-corrected chi connectivity index (χ0v) is 13.1. The van der Waals surface area contributed by atoms with Crippen LogP contribution in [0.4, 0.5) is 0 Å². The Morgan fingerprint density at radius 2 is 2.35 bits per heavy atom. The molecule has 2 aliphatic heterocycles. The van der Waals surface area contributed by atoms with E-state index in [0.717, 1.165) is 56.0 Å². The van der Waals surface area contributed by atoms with Crippen molar-refractivity contribution in [3.63, 3.8) is 0 Å². The molecule has 0 unspecified atom stereocenters. The lowest BCUT2D eigenvalue weighted by atomic mass is 9.94. The molecule has 0 spiro atoms. The third-order valence-corrected chi connectivity index (χ3v) is 4.85. The first-order valence-electron chi connectivity index (χ1n) is 8.31. The first-order valence-corrected chi connectivity index (χ1v) is 8.31. The normalized spacial score (nSPS) is 20.2. The number of benzene rings is 1. The number of carbonyl (C=O) groups is 1. The lowest BCUT2D eigenvalue weighted by molar-refractivity contribution is -0.131. The van der Waals surface area contributed by atoms with Crippen LogP contribution in [0.1, 0.15) is 35.6 Å². The number of nitrogens with zero attached hydrogens (tertiary/aromatic N) is 2. The monoisotopic (exact) mass is 311 g/mol. The number of fused-ring (bicyclic) bond motifs is 1. The lowest BCUT2D eigenvalue weighted by Crippen LogP contribution is -2.40. The van der Waals surface area contributed by atoms with Crippen LogP contribution in [0.5, 0.6) is 5.75 Å². The number of rotatable bonds is 3. The highest BCUT2D eigenvalue weighted by Crippen LogP contribution is 2.28. The maximum Gasteiger partial charge on any atom is 0.227 e. The zero-order valence-electron chi connectivity index (χ0n) is 13.1. The summed E-state index contributed by atoms with van der Waals surface area (Å²) in [5.74, 6) is 1.56. The minimum absolute atomic E-state index is 0.216. The molecule has 1 fully saturated rings. The lowest BCUT2D eigenvalue weighted by Gasteiger charge is -2.32. The summed E-state index contributed by atoms with van der Waals surface area (Å²) in [6.45, 7) is 2.40. The molecule has 0 aliphatic carbocycles. The van der Waals surface area contributed by atoms with Crippen molar-refractivity contribution in [1.82, 2.24) is 15.1 Å². The molecule has 1 saturated heterocycles. The van der Waals surface area contributed by atoms with Crippen molar-refractivity contribution < 1.29 is 9.53 Å². The quantitative estimate of drug-likeness (QED) is 0.946. The molecule has 1 amide bonds. The molecule has 5 nitrogen and oxygen atoms in total. The fourth-order valence-corrected chi connectivity index (χ4v) is 3.59. The Kier molecular flexibility index (Phi) is 3.77. The molecular formula is C18H21N3O2. The van der Waals surface area contributed by atoms with E-state index in [1.807, 2.05) is 23.1 Å². The van der Waals surface area contributed by atoms with Crippen molar-refractivity contribution in [2.75, 3.05) is 19.7 Å². The second-order valence-electron chi connectivity index (χ2n) is 6.41. The van der Waals surface area contributed by atoms with Crippen LogP contribution >= 0.6 is 0 Å². The molecule has 2 aliphatic rings. The number of piperidine rings is 1. The molecule has 1 atom stereocenters. The number of amides is 1. The highest BCUT2D eigenvalue weighted by Gasteiger charge is 2.25. The molecule has 1 aromatic carbocycles. The molecular weight excluding hydrogens is 290 g/mol. The van der Waals surface area contributed by atoms with Gasteiger partial charge in [-0.1, -0.05) is 12.1 Å². The van der Waals surface area contributed by atoms with E-state index >= 15 is 0 Å². The summed E-state index contributed by atoms with van der Waals surface area (Å²) in [5, 5.41) is 7.07. The highest BCUT2D eigenvalue weighted by molar-refractivity contribution is 5.79. The molecule has 23 heavy (non-hydrogen) atoms. The summed E-state index contributed by atoms with van der Waals surface area (Å²) in [5.41, 5.74) is 3.45. The Hall–Kier alpha value is -2.30. The number of aromatic nitrogens is 2. The Labute approximate surface area is 135 Å². The maximum atomic E-state index is 12.7. The van der Waals surface area contributed by atoms with E-state index in [9.17, 15) is 4.79 Å². The SMILES string of the molecule is O=C(Cc1ccc2c(c1)CCO2)N1CCC[C@H](c2ccn[nH]2)C1. The van der Waals surface area contributed by atoms with Crippen molar-refractivity contribution in [3.8, 4) is 5.75 Å². The Balaban J connectivity index is 1.42. The third kappa shape index (κ3) is 2.96. The predicted molar refractivity (Wildman–Crippen MR) is 86.5 cm³/mol. The van der Waals surface area contributed by atoms with Crippen molar-refractivity contribution in [1.29, 1.82) is 0 Å². The van der Waals surface area contributed by atoms with E-state index < -0.39 is 0 Å². The van der Waals surface area contributed by atoms with Gasteiger partial charge in [-0.15, -0.1) is 0 Å². The first-order chi connectivity index (χ1) is 11.3. The van der Waals surface area contributed by atoms with Gasteiger partial charge in [0, 0.05) is 37.3 Å². The van der Waals surface area contributed by atoms with Crippen molar-refractivity contribution in [3.05, 3.63) is 47.3 Å². The highest BCUT2D eigenvalue weighted by atomic mass is 16.5. The fraction of sp³-hybridized carbons (Fsp3) is 0.444. The number of aromatic amines is 1. The fourth-order valence-electron chi connectivity index (χ4n) is 3.59. The number of likely N-dealkylation sites (tertiary alicyclic amines) is 1. The van der Waals surface area contributed by atoms with Crippen molar-refractivity contribution in [2.24, 2.45) is 0 Å². The Bertz CT molecular complexity index is 696. The van der Waals surface area contributed by atoms with E-state index in [2.05, 4.69) is 16.3 Å². The van der Waals surface area contributed by atoms with Crippen molar-refractivity contribution in [2.45, 2.75) is 31.6 Å². The van der Waals surface area contributed by atoms with Crippen LogP contribution in [0.15, 0.2) is 30.5 Å². The minimum Gasteiger partial charge on any atom is -0.493 e.